The number of aryl methyl sites for hydroxylation is 1. The van der Waals surface area contributed by atoms with Crippen molar-refractivity contribution in [3.63, 3.8) is 0 Å². The first-order chi connectivity index (χ1) is 12.5. The number of methoxy groups -OCH3 is 1. The van der Waals surface area contributed by atoms with Crippen LogP contribution in [0.5, 0.6) is 5.75 Å². The molecule has 0 radical (unpaired) electrons. The highest BCUT2D eigenvalue weighted by Gasteiger charge is 2.23. The van der Waals surface area contributed by atoms with Gasteiger partial charge in [0.05, 0.1) is 12.0 Å². The van der Waals surface area contributed by atoms with Gasteiger partial charge in [0.15, 0.2) is 0 Å². The number of para-hydroxylation sites is 1. The van der Waals surface area contributed by atoms with Gasteiger partial charge in [-0.15, -0.1) is 0 Å². The number of rotatable bonds is 6. The third-order valence-electron chi connectivity index (χ3n) is 3.84. The van der Waals surface area contributed by atoms with E-state index in [-0.39, 0.29) is 17.3 Å². The standard InChI is InChI=1S/C20H26N2O4S/c1-14-10-11-16(27(24,25)22-20(2,3)4)12-17(14)19(23)21-13-15-8-6-7-9-18(15)26-5/h6-12,22H,13H2,1-5H3,(H,21,23). The second-order valence-electron chi connectivity index (χ2n) is 7.33. The number of amides is 1. The Labute approximate surface area is 161 Å². The number of carbonyl (C=O) groups excluding carboxylic acids is 1. The summed E-state index contributed by atoms with van der Waals surface area (Å²) in [6.45, 7) is 7.34. The Hall–Kier alpha value is -2.38. The van der Waals surface area contributed by atoms with Crippen LogP contribution in [0.3, 0.4) is 0 Å². The van der Waals surface area contributed by atoms with Crippen LogP contribution in [0, 0.1) is 6.92 Å². The highest BCUT2D eigenvalue weighted by molar-refractivity contribution is 7.89. The van der Waals surface area contributed by atoms with Gasteiger partial charge in [0.1, 0.15) is 5.75 Å². The largest absolute Gasteiger partial charge is 0.496 e. The molecule has 27 heavy (non-hydrogen) atoms. The van der Waals surface area contributed by atoms with E-state index in [1.807, 2.05) is 24.3 Å². The fraction of sp³-hybridized carbons (Fsp3) is 0.350. The predicted octanol–water partition coefficient (Wildman–Crippen LogP) is 3.01. The lowest BCUT2D eigenvalue weighted by Crippen LogP contribution is -2.40. The Morgan fingerprint density at radius 2 is 1.78 bits per heavy atom. The zero-order valence-electron chi connectivity index (χ0n) is 16.3. The van der Waals surface area contributed by atoms with E-state index in [0.29, 0.717) is 16.9 Å². The van der Waals surface area contributed by atoms with Gasteiger partial charge in [-0.3, -0.25) is 4.79 Å². The topological polar surface area (TPSA) is 84.5 Å². The first kappa shape index (κ1) is 20.9. The van der Waals surface area contributed by atoms with E-state index in [9.17, 15) is 13.2 Å². The smallest absolute Gasteiger partial charge is 0.251 e. The molecule has 7 heteroatoms. The van der Waals surface area contributed by atoms with Crippen LogP contribution in [-0.2, 0) is 16.6 Å². The number of sulfonamides is 1. The summed E-state index contributed by atoms with van der Waals surface area (Å²) in [4.78, 5) is 12.7. The molecule has 0 saturated carbocycles. The van der Waals surface area contributed by atoms with Crippen molar-refractivity contribution in [2.24, 2.45) is 0 Å². The maximum Gasteiger partial charge on any atom is 0.251 e. The third-order valence-corrected chi connectivity index (χ3v) is 5.59. The molecule has 6 nitrogen and oxygen atoms in total. The van der Waals surface area contributed by atoms with Crippen molar-refractivity contribution < 1.29 is 17.9 Å². The van der Waals surface area contributed by atoms with Crippen molar-refractivity contribution in [3.8, 4) is 5.75 Å². The van der Waals surface area contributed by atoms with Crippen LogP contribution in [0.25, 0.3) is 0 Å². The molecule has 146 valence electrons. The monoisotopic (exact) mass is 390 g/mol. The van der Waals surface area contributed by atoms with Gasteiger partial charge >= 0.3 is 0 Å². The van der Waals surface area contributed by atoms with Crippen LogP contribution in [0.1, 0.15) is 42.3 Å². The molecule has 0 spiro atoms. The van der Waals surface area contributed by atoms with Crippen LogP contribution in [0.2, 0.25) is 0 Å². The minimum absolute atomic E-state index is 0.0606. The molecule has 1 amide bonds. The zero-order chi connectivity index (χ0) is 20.2. The van der Waals surface area contributed by atoms with Crippen molar-refractivity contribution in [1.82, 2.24) is 10.0 Å². The summed E-state index contributed by atoms with van der Waals surface area (Å²) >= 11 is 0. The molecule has 2 aromatic rings. The van der Waals surface area contributed by atoms with Crippen molar-refractivity contribution in [1.29, 1.82) is 0 Å². The molecule has 0 aliphatic rings. The molecule has 2 aromatic carbocycles. The quantitative estimate of drug-likeness (QED) is 0.794. The van der Waals surface area contributed by atoms with E-state index in [2.05, 4.69) is 10.0 Å². The van der Waals surface area contributed by atoms with Gasteiger partial charge in [-0.05, 0) is 51.5 Å². The van der Waals surface area contributed by atoms with E-state index < -0.39 is 15.6 Å². The lowest BCUT2D eigenvalue weighted by molar-refractivity contribution is 0.0950. The van der Waals surface area contributed by atoms with Gasteiger partial charge in [-0.25, -0.2) is 13.1 Å². The molecule has 0 aliphatic carbocycles. The molecule has 0 aromatic heterocycles. The van der Waals surface area contributed by atoms with Crippen LogP contribution in [0.4, 0.5) is 0 Å². The molecule has 2 N–H and O–H groups in total. The molecule has 0 bridgehead atoms. The Morgan fingerprint density at radius 1 is 1.11 bits per heavy atom. The van der Waals surface area contributed by atoms with Crippen LogP contribution < -0.4 is 14.8 Å². The van der Waals surface area contributed by atoms with Gasteiger partial charge < -0.3 is 10.1 Å². The summed E-state index contributed by atoms with van der Waals surface area (Å²) in [5.74, 6) is 0.339. The fourth-order valence-corrected chi connectivity index (χ4v) is 4.04. The summed E-state index contributed by atoms with van der Waals surface area (Å²) in [5, 5.41) is 2.82. The van der Waals surface area contributed by atoms with Crippen LogP contribution >= 0.6 is 0 Å². The number of hydrogen-bond donors (Lipinski definition) is 2. The lowest BCUT2D eigenvalue weighted by Gasteiger charge is -2.20. The van der Waals surface area contributed by atoms with Crippen molar-refractivity contribution in [2.45, 2.75) is 44.7 Å². The minimum Gasteiger partial charge on any atom is -0.496 e. The maximum atomic E-state index is 12.6. The molecule has 0 heterocycles. The maximum absolute atomic E-state index is 12.6. The number of hydrogen-bond acceptors (Lipinski definition) is 4. The lowest BCUT2D eigenvalue weighted by atomic mass is 10.1. The molecular formula is C20H26N2O4S. The summed E-state index contributed by atoms with van der Waals surface area (Å²) in [7, 11) is -2.15. The van der Waals surface area contributed by atoms with Gasteiger partial charge in [-0.1, -0.05) is 24.3 Å². The van der Waals surface area contributed by atoms with Gasteiger partial charge in [0, 0.05) is 23.2 Å². The fourth-order valence-electron chi connectivity index (χ4n) is 2.59. The van der Waals surface area contributed by atoms with Gasteiger partial charge in [-0.2, -0.15) is 0 Å². The SMILES string of the molecule is COc1ccccc1CNC(=O)c1cc(S(=O)(=O)NC(C)(C)C)ccc1C. The first-order valence-corrected chi connectivity index (χ1v) is 10.1. The summed E-state index contributed by atoms with van der Waals surface area (Å²) < 4.78 is 32.9. The summed E-state index contributed by atoms with van der Waals surface area (Å²) in [6, 6.07) is 11.9. The molecule has 2 rings (SSSR count). The second kappa shape index (κ2) is 8.10. The number of carbonyl (C=O) groups is 1. The molecule has 0 atom stereocenters. The second-order valence-corrected chi connectivity index (χ2v) is 9.01. The highest BCUT2D eigenvalue weighted by Crippen LogP contribution is 2.19. The minimum atomic E-state index is -3.72. The average molecular weight is 391 g/mol. The molecule has 0 unspecified atom stereocenters. The summed E-state index contributed by atoms with van der Waals surface area (Å²) in [5.41, 5.74) is 1.24. The predicted molar refractivity (Wildman–Crippen MR) is 105 cm³/mol. The normalized spacial score (nSPS) is 11.9. The Balaban J connectivity index is 2.24. The van der Waals surface area contributed by atoms with E-state index in [0.717, 1.165) is 5.56 Å². The Morgan fingerprint density at radius 3 is 2.41 bits per heavy atom. The molecule has 0 fully saturated rings. The van der Waals surface area contributed by atoms with E-state index in [1.165, 1.54) is 12.1 Å². The average Bonchev–Trinajstić information content (AvgIpc) is 2.58. The summed E-state index contributed by atoms with van der Waals surface area (Å²) in [6.07, 6.45) is 0. The number of ether oxygens (including phenoxy) is 1. The van der Waals surface area contributed by atoms with Gasteiger partial charge in [0.2, 0.25) is 10.0 Å². The van der Waals surface area contributed by atoms with Crippen LogP contribution in [0.15, 0.2) is 47.4 Å². The van der Waals surface area contributed by atoms with E-state index in [4.69, 9.17) is 4.74 Å². The molecular weight excluding hydrogens is 364 g/mol. The van der Waals surface area contributed by atoms with Crippen molar-refractivity contribution in [3.05, 3.63) is 59.2 Å². The third kappa shape index (κ3) is 5.55. The first-order valence-electron chi connectivity index (χ1n) is 8.58. The number of benzene rings is 2. The van der Waals surface area contributed by atoms with Crippen molar-refractivity contribution >= 4 is 15.9 Å². The molecule has 0 saturated heterocycles. The Kier molecular flexibility index (Phi) is 6.28. The Bertz CT molecular complexity index is 931. The highest BCUT2D eigenvalue weighted by atomic mass is 32.2. The van der Waals surface area contributed by atoms with Gasteiger partial charge in [0.25, 0.3) is 5.91 Å². The number of nitrogens with one attached hydrogen (secondary N) is 2. The van der Waals surface area contributed by atoms with E-state index >= 15 is 0 Å². The van der Waals surface area contributed by atoms with Crippen molar-refractivity contribution in [2.75, 3.05) is 7.11 Å². The zero-order valence-corrected chi connectivity index (χ0v) is 17.1. The molecule has 0 aliphatic heterocycles. The van der Waals surface area contributed by atoms with Crippen LogP contribution in [-0.4, -0.2) is 27.0 Å². The van der Waals surface area contributed by atoms with E-state index in [1.54, 1.807) is 40.9 Å².